The molecule has 0 radical (unpaired) electrons. The van der Waals surface area contributed by atoms with Crippen LogP contribution in [0.15, 0.2) is 23.1 Å². The summed E-state index contributed by atoms with van der Waals surface area (Å²) in [5, 5.41) is 14.6. The van der Waals surface area contributed by atoms with Crippen LogP contribution in [0.5, 0.6) is 0 Å². The summed E-state index contributed by atoms with van der Waals surface area (Å²) in [4.78, 5) is 13.9. The summed E-state index contributed by atoms with van der Waals surface area (Å²) in [5.74, 6) is 0.481. The maximum atomic E-state index is 11.6. The molecule has 1 aromatic rings. The lowest BCUT2D eigenvalue weighted by Crippen LogP contribution is -2.55. The van der Waals surface area contributed by atoms with Gasteiger partial charge in [0, 0.05) is 37.8 Å². The van der Waals surface area contributed by atoms with Gasteiger partial charge in [0.15, 0.2) is 0 Å². The van der Waals surface area contributed by atoms with Crippen LogP contribution in [0.2, 0.25) is 0 Å². The molecule has 0 aromatic carbocycles. The highest BCUT2D eigenvalue weighted by Crippen LogP contribution is 2.31. The van der Waals surface area contributed by atoms with Gasteiger partial charge < -0.3 is 5.11 Å². The van der Waals surface area contributed by atoms with Crippen LogP contribution < -0.4 is 5.56 Å². The largest absolute Gasteiger partial charge is 0.389 e. The molecule has 5 nitrogen and oxygen atoms in total. The maximum Gasteiger partial charge on any atom is 0.266 e. The molecule has 0 atom stereocenters. The molecule has 1 saturated heterocycles. The van der Waals surface area contributed by atoms with Gasteiger partial charge in [-0.05, 0) is 18.9 Å². The van der Waals surface area contributed by atoms with E-state index in [9.17, 15) is 9.90 Å². The van der Waals surface area contributed by atoms with E-state index in [1.54, 1.807) is 18.3 Å². The monoisotopic (exact) mass is 277 g/mol. The van der Waals surface area contributed by atoms with Gasteiger partial charge in [-0.2, -0.15) is 5.10 Å². The summed E-state index contributed by atoms with van der Waals surface area (Å²) in [6.07, 6.45) is 7.09. The Hall–Kier alpha value is -1.20. The second kappa shape index (κ2) is 5.66. The molecule has 2 heterocycles. The van der Waals surface area contributed by atoms with Gasteiger partial charge in [-0.15, -0.1) is 0 Å². The zero-order chi connectivity index (χ0) is 14.0. The standard InChI is InChI=1S/C15H23N3O2/c19-14-5-4-8-16-18(14)11-13-9-17(10-13)12-15(20)6-2-1-3-7-15/h4-5,8,13,20H,1-3,6-7,9-12H2. The van der Waals surface area contributed by atoms with E-state index >= 15 is 0 Å². The van der Waals surface area contributed by atoms with Crippen LogP contribution >= 0.6 is 0 Å². The van der Waals surface area contributed by atoms with Crippen LogP contribution in [0, 0.1) is 5.92 Å². The first-order chi connectivity index (χ1) is 9.65. The fourth-order valence-corrected chi connectivity index (χ4v) is 3.47. The molecule has 5 heteroatoms. The van der Waals surface area contributed by atoms with Gasteiger partial charge in [0.25, 0.3) is 5.56 Å². The summed E-state index contributed by atoms with van der Waals surface area (Å²) in [6, 6.07) is 3.22. The maximum absolute atomic E-state index is 11.6. The van der Waals surface area contributed by atoms with Crippen LogP contribution in [0.25, 0.3) is 0 Å². The minimum Gasteiger partial charge on any atom is -0.389 e. The Bertz CT molecular complexity index is 502. The topological polar surface area (TPSA) is 58.4 Å². The molecule has 0 amide bonds. The number of rotatable bonds is 4. The summed E-state index contributed by atoms with van der Waals surface area (Å²) >= 11 is 0. The van der Waals surface area contributed by atoms with E-state index in [-0.39, 0.29) is 5.56 Å². The highest BCUT2D eigenvalue weighted by molar-refractivity contribution is 4.91. The molecule has 0 spiro atoms. The summed E-state index contributed by atoms with van der Waals surface area (Å²) in [5.41, 5.74) is -0.498. The molecule has 20 heavy (non-hydrogen) atoms. The first-order valence-electron chi connectivity index (χ1n) is 7.62. The van der Waals surface area contributed by atoms with Crippen molar-refractivity contribution < 1.29 is 5.11 Å². The SMILES string of the molecule is O=c1cccnn1CC1CN(CC2(O)CCCCC2)C1. The Morgan fingerprint density at radius 3 is 2.75 bits per heavy atom. The van der Waals surface area contributed by atoms with Crippen molar-refractivity contribution in [1.29, 1.82) is 0 Å². The van der Waals surface area contributed by atoms with Gasteiger partial charge >= 0.3 is 0 Å². The number of hydrogen-bond donors (Lipinski definition) is 1. The lowest BCUT2D eigenvalue weighted by molar-refractivity contribution is -0.0556. The number of hydrogen-bond acceptors (Lipinski definition) is 4. The third-order valence-electron chi connectivity index (χ3n) is 4.55. The molecule has 1 N–H and O–H groups in total. The molecular formula is C15H23N3O2. The van der Waals surface area contributed by atoms with Crippen molar-refractivity contribution in [3.63, 3.8) is 0 Å². The van der Waals surface area contributed by atoms with Crippen molar-refractivity contribution in [2.75, 3.05) is 19.6 Å². The van der Waals surface area contributed by atoms with Crippen molar-refractivity contribution in [3.8, 4) is 0 Å². The number of nitrogens with zero attached hydrogens (tertiary/aromatic N) is 3. The van der Waals surface area contributed by atoms with Crippen LogP contribution in [0.1, 0.15) is 32.1 Å². The Kier molecular flexibility index (Phi) is 3.89. The van der Waals surface area contributed by atoms with E-state index < -0.39 is 5.60 Å². The van der Waals surface area contributed by atoms with E-state index in [0.717, 1.165) is 45.3 Å². The molecule has 2 aliphatic rings. The number of likely N-dealkylation sites (tertiary alicyclic amines) is 1. The van der Waals surface area contributed by atoms with Crippen molar-refractivity contribution >= 4 is 0 Å². The molecule has 1 saturated carbocycles. The highest BCUT2D eigenvalue weighted by Gasteiger charge is 2.36. The predicted octanol–water partition coefficient (Wildman–Crippen LogP) is 0.870. The molecule has 0 unspecified atom stereocenters. The highest BCUT2D eigenvalue weighted by atomic mass is 16.3. The minimum atomic E-state index is -0.467. The van der Waals surface area contributed by atoms with E-state index in [1.165, 1.54) is 11.1 Å². The second-order valence-electron chi connectivity index (χ2n) is 6.39. The van der Waals surface area contributed by atoms with E-state index in [0.29, 0.717) is 12.5 Å². The molecule has 1 aliphatic heterocycles. The Morgan fingerprint density at radius 1 is 1.30 bits per heavy atom. The average Bonchev–Trinajstić information content (AvgIpc) is 2.39. The summed E-state index contributed by atoms with van der Waals surface area (Å²) < 4.78 is 1.54. The molecule has 2 fully saturated rings. The predicted molar refractivity (Wildman–Crippen MR) is 76.5 cm³/mol. The first-order valence-corrected chi connectivity index (χ1v) is 7.62. The summed E-state index contributed by atoms with van der Waals surface area (Å²) in [6.45, 7) is 3.41. The number of aliphatic hydroxyl groups is 1. The number of aromatic nitrogens is 2. The Labute approximate surface area is 119 Å². The van der Waals surface area contributed by atoms with Gasteiger partial charge in [-0.25, -0.2) is 4.68 Å². The zero-order valence-electron chi connectivity index (χ0n) is 11.9. The zero-order valence-corrected chi connectivity index (χ0v) is 11.9. The lowest BCUT2D eigenvalue weighted by atomic mass is 9.83. The fraction of sp³-hybridized carbons (Fsp3) is 0.733. The van der Waals surface area contributed by atoms with Crippen molar-refractivity contribution in [1.82, 2.24) is 14.7 Å². The molecule has 1 aromatic heterocycles. The molecule has 1 aliphatic carbocycles. The Balaban J connectivity index is 1.47. The van der Waals surface area contributed by atoms with Gasteiger partial charge in [-0.1, -0.05) is 19.3 Å². The normalized spacial score (nSPS) is 23.4. The third kappa shape index (κ3) is 3.10. The van der Waals surface area contributed by atoms with Crippen molar-refractivity contribution in [2.24, 2.45) is 5.92 Å². The van der Waals surface area contributed by atoms with Gasteiger partial charge in [0.1, 0.15) is 0 Å². The van der Waals surface area contributed by atoms with Gasteiger partial charge in [0.05, 0.1) is 12.1 Å². The van der Waals surface area contributed by atoms with Crippen LogP contribution in [-0.2, 0) is 6.54 Å². The smallest absolute Gasteiger partial charge is 0.266 e. The third-order valence-corrected chi connectivity index (χ3v) is 4.55. The Morgan fingerprint density at radius 2 is 2.05 bits per heavy atom. The van der Waals surface area contributed by atoms with Gasteiger partial charge in [0.2, 0.25) is 0 Å². The molecular weight excluding hydrogens is 254 g/mol. The van der Waals surface area contributed by atoms with Crippen molar-refractivity contribution in [2.45, 2.75) is 44.2 Å². The quantitative estimate of drug-likeness (QED) is 0.887. The summed E-state index contributed by atoms with van der Waals surface area (Å²) in [7, 11) is 0. The number of β-amino-alcohol motifs (C(OH)–C–C–N with tert-alkyl or cyclic N) is 1. The van der Waals surface area contributed by atoms with Crippen LogP contribution in [-0.4, -0.2) is 45.0 Å². The van der Waals surface area contributed by atoms with Crippen molar-refractivity contribution in [3.05, 3.63) is 28.7 Å². The lowest BCUT2D eigenvalue weighted by Gasteiger charge is -2.45. The fourth-order valence-electron chi connectivity index (χ4n) is 3.47. The van der Waals surface area contributed by atoms with E-state index in [2.05, 4.69) is 10.00 Å². The van der Waals surface area contributed by atoms with Crippen LogP contribution in [0.3, 0.4) is 0 Å². The second-order valence-corrected chi connectivity index (χ2v) is 6.39. The minimum absolute atomic E-state index is 0.0307. The molecule has 3 rings (SSSR count). The van der Waals surface area contributed by atoms with Crippen LogP contribution in [0.4, 0.5) is 0 Å². The van der Waals surface area contributed by atoms with E-state index in [1.807, 2.05) is 0 Å². The van der Waals surface area contributed by atoms with Gasteiger partial charge in [-0.3, -0.25) is 9.69 Å². The molecule has 110 valence electrons. The van der Waals surface area contributed by atoms with E-state index in [4.69, 9.17) is 0 Å². The first kappa shape index (κ1) is 13.8. The average molecular weight is 277 g/mol. The molecule has 0 bridgehead atoms.